The first-order valence-electron chi connectivity index (χ1n) is 26.5. The molecule has 34 heteroatoms. The van der Waals surface area contributed by atoms with Gasteiger partial charge in [-0.05, 0) is 25.3 Å². The first-order chi connectivity index (χ1) is 40.3. The van der Waals surface area contributed by atoms with Crippen molar-refractivity contribution >= 4 is 76.7 Å². The van der Waals surface area contributed by atoms with E-state index >= 15 is 0 Å². The molecule has 1 aromatic heterocycles. The Balaban J connectivity index is 1.44. The van der Waals surface area contributed by atoms with Gasteiger partial charge in [-0.15, -0.1) is 0 Å². The Morgan fingerprint density at radius 2 is 1.07 bits per heavy atom. The van der Waals surface area contributed by atoms with Crippen molar-refractivity contribution < 1.29 is 93.6 Å². The maximum absolute atomic E-state index is 13.8. The lowest BCUT2D eigenvalue weighted by Crippen LogP contribution is -2.60. The molecular weight excluding hydrogens is 1130 g/mol. The third-order valence-corrected chi connectivity index (χ3v) is 13.4. The number of carbonyl (C=O) groups excluding carboxylic acids is 9. The fourth-order valence-electron chi connectivity index (χ4n) is 8.86. The SMILES string of the molecule is C[C@H](NC(=O)[C@H](CC(=O)O)Nc1c(NCCCC(C(=O)[O-])N2CCN(CC(=O)[O-])CCN(CC(=O)[O-])CCN(CC(=O)[O-])CC2)c(=O)c1=O)C(=O)N[C@@H](Cc1cnc[nH]1)C(=O)N[C@@H](CO)C(=O)N[C@@H](Cc1ccccc1)C(=O)N[C@@H](CO)C(=O)O. The molecule has 0 bridgehead atoms. The monoisotopic (exact) mass is 1200 g/mol. The highest BCUT2D eigenvalue weighted by Crippen LogP contribution is 2.18. The maximum atomic E-state index is 13.8. The normalized spacial score (nSPS) is 16.5. The van der Waals surface area contributed by atoms with Crippen LogP contribution in [0.15, 0.2) is 52.4 Å². The van der Waals surface area contributed by atoms with E-state index in [1.54, 1.807) is 30.3 Å². The molecular formula is C51H67N13O21-4. The van der Waals surface area contributed by atoms with Crippen molar-refractivity contribution in [2.45, 2.75) is 81.3 Å². The van der Waals surface area contributed by atoms with Crippen LogP contribution in [0.5, 0.6) is 0 Å². The summed E-state index contributed by atoms with van der Waals surface area (Å²) in [7, 11) is 0. The molecule has 1 saturated heterocycles. The first-order valence-corrected chi connectivity index (χ1v) is 26.5. The van der Waals surface area contributed by atoms with E-state index in [9.17, 15) is 103 Å². The van der Waals surface area contributed by atoms with E-state index in [2.05, 4.69) is 47.2 Å². The summed E-state index contributed by atoms with van der Waals surface area (Å²) in [6.07, 6.45) is 0.653. The van der Waals surface area contributed by atoms with Crippen LogP contribution in [-0.2, 0) is 65.6 Å². The number of carboxylic acid groups (broad SMARTS) is 6. The van der Waals surface area contributed by atoms with Crippen molar-refractivity contribution in [1.82, 2.24) is 56.2 Å². The summed E-state index contributed by atoms with van der Waals surface area (Å²) in [5.41, 5.74) is -2.48. The first kappa shape index (κ1) is 68.5. The van der Waals surface area contributed by atoms with E-state index in [0.29, 0.717) is 5.56 Å². The number of carboxylic acids is 6. The highest BCUT2D eigenvalue weighted by atomic mass is 16.4. The van der Waals surface area contributed by atoms with Crippen LogP contribution in [0.2, 0.25) is 0 Å². The summed E-state index contributed by atoms with van der Waals surface area (Å²) in [4.78, 5) is 177. The van der Waals surface area contributed by atoms with E-state index in [1.807, 2.05) is 0 Å². The molecule has 466 valence electrons. The predicted octanol–water partition coefficient (Wildman–Crippen LogP) is -12.0. The summed E-state index contributed by atoms with van der Waals surface area (Å²) in [5, 5.41) is 103. The molecule has 34 nitrogen and oxygen atoms in total. The number of carbonyl (C=O) groups is 11. The Bertz CT molecular complexity index is 2840. The van der Waals surface area contributed by atoms with Gasteiger partial charge < -0.3 is 102 Å². The van der Waals surface area contributed by atoms with Gasteiger partial charge in [0, 0.05) is 109 Å². The van der Waals surface area contributed by atoms with Gasteiger partial charge >= 0.3 is 11.9 Å². The topological polar surface area (TPSA) is 521 Å². The second kappa shape index (κ2) is 34.0. The molecule has 3 aromatic rings. The van der Waals surface area contributed by atoms with E-state index < -0.39 is 169 Å². The smallest absolute Gasteiger partial charge is 0.328 e. The minimum atomic E-state index is -1.85. The second-order valence-electron chi connectivity index (χ2n) is 19.7. The Kier molecular flexibility index (Phi) is 27.4. The van der Waals surface area contributed by atoms with Gasteiger partial charge in [-0.2, -0.15) is 0 Å². The largest absolute Gasteiger partial charge is 0.549 e. The van der Waals surface area contributed by atoms with Crippen LogP contribution in [0.3, 0.4) is 0 Å². The van der Waals surface area contributed by atoms with E-state index in [1.165, 1.54) is 32.1 Å². The molecule has 5 amide bonds. The lowest BCUT2D eigenvalue weighted by Gasteiger charge is -2.38. The molecule has 1 aliphatic heterocycles. The number of benzene rings is 1. The molecule has 85 heavy (non-hydrogen) atoms. The highest BCUT2D eigenvalue weighted by molar-refractivity contribution is 5.97. The molecule has 1 fully saturated rings. The van der Waals surface area contributed by atoms with Crippen LogP contribution in [0.1, 0.15) is 37.4 Å². The van der Waals surface area contributed by atoms with Gasteiger partial charge in [0.2, 0.25) is 29.5 Å². The number of aliphatic carboxylic acids is 6. The number of nitrogens with zero attached hydrogens (tertiary/aromatic N) is 5. The van der Waals surface area contributed by atoms with E-state index in [0.717, 1.165) is 6.92 Å². The van der Waals surface area contributed by atoms with E-state index in [-0.39, 0.29) is 90.3 Å². The summed E-state index contributed by atoms with van der Waals surface area (Å²) in [6.45, 7) is -3.26. The molecule has 0 radical (unpaired) electrons. The van der Waals surface area contributed by atoms with Crippen molar-refractivity contribution in [1.29, 1.82) is 0 Å². The van der Waals surface area contributed by atoms with Crippen molar-refractivity contribution in [2.24, 2.45) is 0 Å². The van der Waals surface area contributed by atoms with Crippen LogP contribution in [0.4, 0.5) is 11.4 Å². The fourth-order valence-corrected chi connectivity index (χ4v) is 8.86. The third kappa shape index (κ3) is 22.6. The zero-order chi connectivity index (χ0) is 62.9. The highest BCUT2D eigenvalue weighted by Gasteiger charge is 2.34. The molecule has 0 saturated carbocycles. The molecule has 4 rings (SSSR count). The predicted molar refractivity (Wildman–Crippen MR) is 283 cm³/mol. The maximum Gasteiger partial charge on any atom is 0.328 e. The van der Waals surface area contributed by atoms with Gasteiger partial charge in [-0.3, -0.25) is 58.0 Å². The average Bonchev–Trinajstić information content (AvgIpc) is 1.95. The van der Waals surface area contributed by atoms with Crippen molar-refractivity contribution in [2.75, 3.05) is 102 Å². The number of rotatable bonds is 34. The number of aromatic nitrogens is 2. The van der Waals surface area contributed by atoms with Gasteiger partial charge in [0.1, 0.15) is 47.6 Å². The zero-order valence-corrected chi connectivity index (χ0v) is 46.0. The Labute approximate surface area is 483 Å². The molecule has 7 atom stereocenters. The number of hydrogen-bond donors (Lipinski definition) is 12. The summed E-state index contributed by atoms with van der Waals surface area (Å²) in [5.74, 6) is -14.7. The zero-order valence-electron chi connectivity index (χ0n) is 46.0. The van der Waals surface area contributed by atoms with Crippen LogP contribution >= 0.6 is 0 Å². The quantitative estimate of drug-likeness (QED) is 0.0195. The number of imidazole rings is 1. The number of H-pyrrole nitrogens is 1. The lowest BCUT2D eigenvalue weighted by atomic mass is 10.0. The average molecular weight is 1200 g/mol. The minimum absolute atomic E-state index is 0.0114. The van der Waals surface area contributed by atoms with E-state index in [4.69, 9.17) is 0 Å². The Morgan fingerprint density at radius 3 is 1.55 bits per heavy atom. The van der Waals surface area contributed by atoms with Gasteiger partial charge in [0.15, 0.2) is 0 Å². The molecule has 0 aliphatic carbocycles. The van der Waals surface area contributed by atoms with Crippen molar-refractivity contribution in [3.05, 3.63) is 74.6 Å². The molecule has 2 aromatic carbocycles. The van der Waals surface area contributed by atoms with Crippen molar-refractivity contribution in [3.63, 3.8) is 0 Å². The lowest BCUT2D eigenvalue weighted by molar-refractivity contribution is -0.313. The summed E-state index contributed by atoms with van der Waals surface area (Å²) >= 11 is 0. The summed E-state index contributed by atoms with van der Waals surface area (Å²) < 4.78 is 0. The molecule has 1 unspecified atom stereocenters. The second-order valence-corrected chi connectivity index (χ2v) is 19.7. The van der Waals surface area contributed by atoms with Crippen LogP contribution in [-0.4, -0.2) is 249 Å². The van der Waals surface area contributed by atoms with Gasteiger partial charge in [-0.1, -0.05) is 30.3 Å². The number of nitrogens with one attached hydrogen (secondary N) is 8. The number of hydrogen-bond acceptors (Lipinski definition) is 26. The molecule has 1 aliphatic rings. The minimum Gasteiger partial charge on any atom is -0.549 e. The van der Waals surface area contributed by atoms with Crippen LogP contribution < -0.4 is 68.5 Å². The van der Waals surface area contributed by atoms with Crippen molar-refractivity contribution in [3.8, 4) is 0 Å². The Morgan fingerprint density at radius 1 is 0.600 bits per heavy atom. The summed E-state index contributed by atoms with van der Waals surface area (Å²) in [6, 6.07) is -3.42. The number of amides is 5. The fraction of sp³-hybridized carbons (Fsp3) is 0.529. The number of aliphatic hydroxyl groups is 2. The van der Waals surface area contributed by atoms with Gasteiger partial charge in [-0.25, -0.2) is 9.78 Å². The standard InChI is InChI=1S/C51H71N13O21/c1-28(45(77)57-32(19-30-21-52-27-54-30)48(80)59-34(25-65)49(81)58-31(18-29-6-3-2-4-7-29)47(79)60-35(26-66)50(82)83)55-46(78)33(20-37(67)68)56-42-41(43(75)44(42)76)53-9-5-8-36(51(84)85)64-16-14-62(23-39(71)72)12-10-61(22-38(69)70)11-13-63(15-17-64)24-40(73)74/h2-4,6-7,21,27-28,31-36,53,56,65-66H,5,8-20,22-26H2,1H3,(H,52,54)(H,55,78)(H,57,77)(H,58,81)(H,59,80)(H,60,79)(H,67,68)(H,69,70)(H,71,72)(H,73,74)(H,82,83)(H,84,85)/p-4/t28-,31-,32-,33-,34-,35-,36?/m0/s1. The number of aliphatic hydroxyl groups excluding tert-OH is 2. The Hall–Kier alpha value is -8.96. The van der Waals surface area contributed by atoms with Crippen LogP contribution in [0, 0.1) is 0 Å². The molecule has 12 N–H and O–H groups in total. The third-order valence-electron chi connectivity index (χ3n) is 13.4. The number of aromatic amines is 1. The van der Waals surface area contributed by atoms with Gasteiger partial charge in [0.05, 0.1) is 49.8 Å². The molecule has 2 heterocycles. The number of anilines is 2. The van der Waals surface area contributed by atoms with Gasteiger partial charge in [0.25, 0.3) is 10.9 Å². The van der Waals surface area contributed by atoms with Crippen LogP contribution in [0.25, 0.3) is 0 Å². The molecule has 0 spiro atoms.